The molecule has 1 aromatic heterocycles. The van der Waals surface area contributed by atoms with Crippen molar-refractivity contribution in [2.24, 2.45) is 0 Å². The number of nitrogens with zero attached hydrogens (tertiary/aromatic N) is 2. The van der Waals surface area contributed by atoms with Crippen LogP contribution in [0.25, 0.3) is 0 Å². The number of rotatable bonds is 7. The summed E-state index contributed by atoms with van der Waals surface area (Å²) in [6.45, 7) is 2.34. The lowest BCUT2D eigenvalue weighted by molar-refractivity contribution is -0.142. The number of thioether (sulfide) groups is 1. The van der Waals surface area contributed by atoms with E-state index in [9.17, 15) is 4.79 Å². The number of carbonyl (C=O) groups excluding carboxylic acids is 1. The highest BCUT2D eigenvalue weighted by molar-refractivity contribution is 7.99. The Morgan fingerprint density at radius 2 is 2.07 bits per heavy atom. The van der Waals surface area contributed by atoms with Crippen LogP contribution in [0, 0.1) is 0 Å². The Morgan fingerprint density at radius 1 is 1.26 bits per heavy atom. The zero-order valence-electron chi connectivity index (χ0n) is 14.6. The highest BCUT2D eigenvalue weighted by atomic mass is 35.5. The van der Waals surface area contributed by atoms with Crippen LogP contribution in [0.5, 0.6) is 0 Å². The minimum Gasteiger partial charge on any atom is -0.461 e. The molecular weight excluding hydrogens is 403 g/mol. The average molecular weight is 421 g/mol. The van der Waals surface area contributed by atoms with Gasteiger partial charge in [-0.1, -0.05) is 47.5 Å². The molecule has 0 aliphatic heterocycles. The van der Waals surface area contributed by atoms with Gasteiger partial charge >= 0.3 is 5.97 Å². The number of ether oxygens (including phenoxy) is 1. The predicted octanol–water partition coefficient (Wildman–Crippen LogP) is 5.79. The van der Waals surface area contributed by atoms with E-state index in [1.165, 1.54) is 6.92 Å². The summed E-state index contributed by atoms with van der Waals surface area (Å²) in [6, 6.07) is 13.4. The highest BCUT2D eigenvalue weighted by Crippen LogP contribution is 2.41. The van der Waals surface area contributed by atoms with E-state index in [0.717, 1.165) is 16.0 Å². The van der Waals surface area contributed by atoms with Crippen LogP contribution in [0.4, 0.5) is 0 Å². The second kappa shape index (κ2) is 9.31. The molecule has 1 heterocycles. The fourth-order valence-electron chi connectivity index (χ4n) is 2.62. The monoisotopic (exact) mass is 420 g/mol. The molecular formula is C20H18Cl2N2O2S. The van der Waals surface area contributed by atoms with E-state index in [1.54, 1.807) is 30.4 Å². The Labute approximate surface area is 172 Å². The quantitative estimate of drug-likeness (QED) is 0.358. The van der Waals surface area contributed by atoms with Crippen molar-refractivity contribution in [1.82, 2.24) is 9.55 Å². The van der Waals surface area contributed by atoms with Crippen LogP contribution in [0.1, 0.15) is 23.3 Å². The van der Waals surface area contributed by atoms with Gasteiger partial charge in [-0.25, -0.2) is 4.98 Å². The minimum atomic E-state index is -0.300. The van der Waals surface area contributed by atoms with Crippen LogP contribution in [-0.4, -0.2) is 15.5 Å². The summed E-state index contributed by atoms with van der Waals surface area (Å²) in [6.07, 6.45) is 5.45. The first-order valence-electron chi connectivity index (χ1n) is 8.31. The van der Waals surface area contributed by atoms with Gasteiger partial charge in [0.1, 0.15) is 6.61 Å². The predicted molar refractivity (Wildman–Crippen MR) is 109 cm³/mol. The van der Waals surface area contributed by atoms with Crippen LogP contribution in [-0.2, 0) is 22.7 Å². The number of carbonyl (C=O) groups is 1. The van der Waals surface area contributed by atoms with Crippen LogP contribution in [0.15, 0.2) is 66.1 Å². The largest absolute Gasteiger partial charge is 0.461 e. The van der Waals surface area contributed by atoms with E-state index < -0.39 is 0 Å². The van der Waals surface area contributed by atoms with Gasteiger partial charge in [0.05, 0.1) is 11.6 Å². The summed E-state index contributed by atoms with van der Waals surface area (Å²) in [4.78, 5) is 16.3. The molecule has 0 aliphatic carbocycles. The van der Waals surface area contributed by atoms with Gasteiger partial charge in [0.2, 0.25) is 0 Å². The van der Waals surface area contributed by atoms with Gasteiger partial charge in [0.15, 0.2) is 0 Å². The molecule has 1 unspecified atom stereocenters. The van der Waals surface area contributed by atoms with Crippen molar-refractivity contribution < 1.29 is 9.53 Å². The highest BCUT2D eigenvalue weighted by Gasteiger charge is 2.19. The first kappa shape index (κ1) is 19.8. The lowest BCUT2D eigenvalue weighted by atomic mass is 10.1. The molecule has 0 saturated heterocycles. The first-order chi connectivity index (χ1) is 13.0. The molecule has 0 spiro atoms. The zero-order chi connectivity index (χ0) is 19.2. The van der Waals surface area contributed by atoms with E-state index in [-0.39, 0.29) is 17.8 Å². The van der Waals surface area contributed by atoms with Gasteiger partial charge in [0.25, 0.3) is 0 Å². The SMILES string of the molecule is CC(=O)OCc1ccccc1SC(Cn1ccnc1)c1ccc(Cl)cc1Cl. The number of aromatic nitrogens is 2. The van der Waals surface area contributed by atoms with Crippen LogP contribution in [0.2, 0.25) is 10.0 Å². The normalized spacial score (nSPS) is 12.0. The van der Waals surface area contributed by atoms with Crippen LogP contribution in [0.3, 0.4) is 0 Å². The van der Waals surface area contributed by atoms with Crippen molar-refractivity contribution in [2.75, 3.05) is 0 Å². The maximum absolute atomic E-state index is 11.2. The van der Waals surface area contributed by atoms with Gasteiger partial charge in [-0.15, -0.1) is 11.8 Å². The molecule has 0 saturated carbocycles. The van der Waals surface area contributed by atoms with Crippen molar-refractivity contribution in [1.29, 1.82) is 0 Å². The Balaban J connectivity index is 1.91. The fraction of sp³-hybridized carbons (Fsp3) is 0.200. The summed E-state index contributed by atoms with van der Waals surface area (Å²) >= 11 is 14.2. The lowest BCUT2D eigenvalue weighted by Crippen LogP contribution is -2.07. The van der Waals surface area contributed by atoms with Crippen LogP contribution < -0.4 is 0 Å². The zero-order valence-corrected chi connectivity index (χ0v) is 17.0. The third kappa shape index (κ3) is 5.51. The number of hydrogen-bond donors (Lipinski definition) is 0. The molecule has 0 bridgehead atoms. The number of hydrogen-bond acceptors (Lipinski definition) is 4. The maximum Gasteiger partial charge on any atom is 0.302 e. The fourth-order valence-corrected chi connectivity index (χ4v) is 4.54. The number of imidazole rings is 1. The molecule has 140 valence electrons. The molecule has 0 aliphatic rings. The molecule has 4 nitrogen and oxygen atoms in total. The Morgan fingerprint density at radius 3 is 2.78 bits per heavy atom. The first-order valence-corrected chi connectivity index (χ1v) is 9.95. The van der Waals surface area contributed by atoms with Crippen molar-refractivity contribution in [2.45, 2.75) is 30.2 Å². The van der Waals surface area contributed by atoms with E-state index in [1.807, 2.05) is 47.2 Å². The smallest absolute Gasteiger partial charge is 0.302 e. The summed E-state index contributed by atoms with van der Waals surface area (Å²) < 4.78 is 7.20. The van der Waals surface area contributed by atoms with Gasteiger partial charge in [-0.3, -0.25) is 4.79 Å². The molecule has 3 aromatic rings. The number of halogens is 2. The maximum atomic E-state index is 11.2. The third-order valence-electron chi connectivity index (χ3n) is 3.92. The van der Waals surface area contributed by atoms with Gasteiger partial charge in [-0.05, 0) is 23.8 Å². The molecule has 7 heteroatoms. The van der Waals surface area contributed by atoms with Crippen molar-refractivity contribution in [3.05, 3.63) is 82.4 Å². The van der Waals surface area contributed by atoms with Gasteiger partial charge in [-0.2, -0.15) is 0 Å². The number of benzene rings is 2. The second-order valence-electron chi connectivity index (χ2n) is 5.92. The average Bonchev–Trinajstić information content (AvgIpc) is 3.13. The number of esters is 1. The molecule has 3 rings (SSSR count). The van der Waals surface area contributed by atoms with Crippen molar-refractivity contribution >= 4 is 40.9 Å². The standard InChI is InChI=1S/C20H18Cl2N2O2S/c1-14(25)26-12-15-4-2-3-5-19(15)27-20(11-24-9-8-23-13-24)17-7-6-16(21)10-18(17)22/h2-10,13,20H,11-12H2,1H3. The van der Waals surface area contributed by atoms with E-state index in [2.05, 4.69) is 4.98 Å². The molecule has 27 heavy (non-hydrogen) atoms. The van der Waals surface area contributed by atoms with Crippen molar-refractivity contribution in [3.63, 3.8) is 0 Å². The second-order valence-corrected chi connectivity index (χ2v) is 8.01. The van der Waals surface area contributed by atoms with Gasteiger partial charge in [0, 0.05) is 46.4 Å². The molecule has 0 amide bonds. The third-order valence-corrected chi connectivity index (χ3v) is 5.82. The Kier molecular flexibility index (Phi) is 6.83. The minimum absolute atomic E-state index is 0.0300. The Hall–Kier alpha value is -1.95. The van der Waals surface area contributed by atoms with Crippen LogP contribution >= 0.6 is 35.0 Å². The summed E-state index contributed by atoms with van der Waals surface area (Å²) in [5.41, 5.74) is 1.94. The summed E-state index contributed by atoms with van der Waals surface area (Å²) in [5.74, 6) is -0.300. The van der Waals surface area contributed by atoms with Gasteiger partial charge < -0.3 is 9.30 Å². The van der Waals surface area contributed by atoms with E-state index >= 15 is 0 Å². The topological polar surface area (TPSA) is 44.1 Å². The molecule has 0 fully saturated rings. The van der Waals surface area contributed by atoms with Crippen molar-refractivity contribution in [3.8, 4) is 0 Å². The molecule has 0 N–H and O–H groups in total. The van der Waals surface area contributed by atoms with E-state index in [0.29, 0.717) is 16.6 Å². The Bertz CT molecular complexity index is 916. The van der Waals surface area contributed by atoms with E-state index in [4.69, 9.17) is 27.9 Å². The molecule has 1 atom stereocenters. The molecule has 2 aromatic carbocycles. The molecule has 0 radical (unpaired) electrons. The lowest BCUT2D eigenvalue weighted by Gasteiger charge is -2.20. The summed E-state index contributed by atoms with van der Waals surface area (Å²) in [7, 11) is 0. The summed E-state index contributed by atoms with van der Waals surface area (Å²) in [5, 5.41) is 1.26.